The highest BCUT2D eigenvalue weighted by molar-refractivity contribution is 7.89. The van der Waals surface area contributed by atoms with Gasteiger partial charge in [0.1, 0.15) is 0 Å². The largest absolute Gasteiger partial charge is 0.373 e. The fourth-order valence-corrected chi connectivity index (χ4v) is 3.99. The highest BCUT2D eigenvalue weighted by atomic mass is 32.2. The zero-order valence-corrected chi connectivity index (χ0v) is 14.0. The van der Waals surface area contributed by atoms with Gasteiger partial charge in [-0.25, -0.2) is 8.42 Å². The van der Waals surface area contributed by atoms with Gasteiger partial charge in [0.05, 0.1) is 24.9 Å². The third-order valence-electron chi connectivity index (χ3n) is 3.93. The Morgan fingerprint density at radius 3 is 2.58 bits per heavy atom. The quantitative estimate of drug-likeness (QED) is 0.903. The summed E-state index contributed by atoms with van der Waals surface area (Å²) in [7, 11) is -3.72. The summed E-state index contributed by atoms with van der Waals surface area (Å²) in [6.07, 6.45) is 0.396. The number of fused-ring (bicyclic) bond motifs is 1. The zero-order chi connectivity index (χ0) is 17.0. The first-order valence-electron chi connectivity index (χ1n) is 7.80. The Hall–Kier alpha value is -2.18. The van der Waals surface area contributed by atoms with Gasteiger partial charge in [-0.15, -0.1) is 0 Å². The number of carbonyl (C=O) groups excluding carboxylic acids is 1. The lowest BCUT2D eigenvalue weighted by Crippen LogP contribution is -2.33. The summed E-state index contributed by atoms with van der Waals surface area (Å²) in [5, 5.41) is 0. The van der Waals surface area contributed by atoms with E-state index in [2.05, 4.69) is 4.72 Å². The Labute approximate surface area is 141 Å². The van der Waals surface area contributed by atoms with Gasteiger partial charge in [0.15, 0.2) is 0 Å². The molecule has 3 rings (SSSR count). The van der Waals surface area contributed by atoms with Crippen LogP contribution in [-0.2, 0) is 31.7 Å². The molecule has 1 aliphatic rings. The number of benzene rings is 2. The lowest BCUT2D eigenvalue weighted by Gasteiger charge is -2.25. The zero-order valence-electron chi connectivity index (χ0n) is 13.1. The lowest BCUT2D eigenvalue weighted by atomic mass is 9.96. The van der Waals surface area contributed by atoms with Crippen LogP contribution in [0.15, 0.2) is 54.6 Å². The van der Waals surface area contributed by atoms with E-state index in [4.69, 9.17) is 4.74 Å². The van der Waals surface area contributed by atoms with Crippen molar-refractivity contribution in [1.29, 1.82) is 0 Å². The smallest absolute Gasteiger partial charge is 0.239 e. The standard InChI is InChI=1S/C18H19NO4S/c20-18(19-24(21,22)13-14-6-2-1-3-7-14)12-17-16-9-5-4-8-15(16)10-11-23-17/h1-9,17H,10-13H2,(H,19,20). The molecule has 5 nitrogen and oxygen atoms in total. The van der Waals surface area contributed by atoms with E-state index in [1.807, 2.05) is 30.3 Å². The van der Waals surface area contributed by atoms with Gasteiger partial charge in [-0.1, -0.05) is 54.6 Å². The van der Waals surface area contributed by atoms with Crippen molar-refractivity contribution < 1.29 is 17.9 Å². The summed E-state index contributed by atoms with van der Waals surface area (Å²) in [6, 6.07) is 16.5. The summed E-state index contributed by atoms with van der Waals surface area (Å²) in [5.41, 5.74) is 2.74. The Morgan fingerprint density at radius 2 is 1.79 bits per heavy atom. The van der Waals surface area contributed by atoms with E-state index >= 15 is 0 Å². The van der Waals surface area contributed by atoms with Crippen molar-refractivity contribution in [2.75, 3.05) is 6.61 Å². The monoisotopic (exact) mass is 345 g/mol. The highest BCUT2D eigenvalue weighted by Crippen LogP contribution is 2.29. The van der Waals surface area contributed by atoms with E-state index in [1.54, 1.807) is 24.3 Å². The SMILES string of the molecule is O=C(CC1OCCc2ccccc21)NS(=O)(=O)Cc1ccccc1. The van der Waals surface area contributed by atoms with Crippen molar-refractivity contribution in [2.24, 2.45) is 0 Å². The van der Waals surface area contributed by atoms with Crippen molar-refractivity contribution in [1.82, 2.24) is 4.72 Å². The number of hydrogen-bond donors (Lipinski definition) is 1. The van der Waals surface area contributed by atoms with Crippen molar-refractivity contribution >= 4 is 15.9 Å². The molecule has 1 amide bonds. The maximum atomic E-state index is 12.2. The number of rotatable bonds is 5. The molecule has 0 saturated carbocycles. The maximum Gasteiger partial charge on any atom is 0.239 e. The van der Waals surface area contributed by atoms with E-state index in [0.29, 0.717) is 12.2 Å². The van der Waals surface area contributed by atoms with Crippen LogP contribution >= 0.6 is 0 Å². The van der Waals surface area contributed by atoms with Crippen LogP contribution in [-0.4, -0.2) is 20.9 Å². The molecule has 0 spiro atoms. The fourth-order valence-electron chi connectivity index (χ4n) is 2.86. The first kappa shape index (κ1) is 16.7. The molecule has 0 bridgehead atoms. The molecule has 0 aliphatic carbocycles. The van der Waals surface area contributed by atoms with Gasteiger partial charge in [0.2, 0.25) is 15.9 Å². The topological polar surface area (TPSA) is 72.5 Å². The van der Waals surface area contributed by atoms with Crippen LogP contribution in [0.25, 0.3) is 0 Å². The maximum absolute atomic E-state index is 12.2. The molecule has 1 heterocycles. The Bertz CT molecular complexity index is 818. The van der Waals surface area contributed by atoms with Crippen LogP contribution in [0, 0.1) is 0 Å². The van der Waals surface area contributed by atoms with Gasteiger partial charge in [-0.2, -0.15) is 0 Å². The van der Waals surface area contributed by atoms with Crippen LogP contribution in [0.1, 0.15) is 29.2 Å². The molecule has 0 radical (unpaired) electrons. The molecule has 1 aliphatic heterocycles. The third-order valence-corrected chi connectivity index (χ3v) is 5.18. The molecule has 2 aromatic rings. The van der Waals surface area contributed by atoms with Gasteiger partial charge >= 0.3 is 0 Å². The van der Waals surface area contributed by atoms with Crippen LogP contribution in [0.5, 0.6) is 0 Å². The summed E-state index contributed by atoms with van der Waals surface area (Å²) < 4.78 is 32.0. The summed E-state index contributed by atoms with van der Waals surface area (Å²) >= 11 is 0. The minimum Gasteiger partial charge on any atom is -0.373 e. The van der Waals surface area contributed by atoms with Crippen LogP contribution in [0.4, 0.5) is 0 Å². The number of ether oxygens (including phenoxy) is 1. The highest BCUT2D eigenvalue weighted by Gasteiger charge is 2.25. The van der Waals surface area contributed by atoms with E-state index in [9.17, 15) is 13.2 Å². The number of carbonyl (C=O) groups is 1. The first-order valence-corrected chi connectivity index (χ1v) is 9.45. The van der Waals surface area contributed by atoms with Gasteiger partial charge in [-0.05, 0) is 23.1 Å². The van der Waals surface area contributed by atoms with Crippen molar-refractivity contribution in [2.45, 2.75) is 24.7 Å². The molecule has 24 heavy (non-hydrogen) atoms. The predicted molar refractivity (Wildman–Crippen MR) is 90.7 cm³/mol. The van der Waals surface area contributed by atoms with Crippen LogP contribution < -0.4 is 4.72 Å². The Morgan fingerprint density at radius 1 is 1.08 bits per heavy atom. The molecule has 2 aromatic carbocycles. The average Bonchev–Trinajstić information content (AvgIpc) is 2.55. The number of amides is 1. The molecule has 0 fully saturated rings. The van der Waals surface area contributed by atoms with E-state index in [0.717, 1.165) is 17.5 Å². The average molecular weight is 345 g/mol. The van der Waals surface area contributed by atoms with Crippen molar-refractivity contribution in [3.8, 4) is 0 Å². The molecule has 126 valence electrons. The summed E-state index contributed by atoms with van der Waals surface area (Å²) in [6.45, 7) is 0.533. The van der Waals surface area contributed by atoms with Crippen molar-refractivity contribution in [3.63, 3.8) is 0 Å². The van der Waals surface area contributed by atoms with Gasteiger partial charge in [-0.3, -0.25) is 9.52 Å². The first-order chi connectivity index (χ1) is 11.5. The van der Waals surface area contributed by atoms with Gasteiger partial charge < -0.3 is 4.74 Å². The molecule has 0 saturated heterocycles. The molecule has 1 unspecified atom stereocenters. The molecule has 1 atom stereocenters. The predicted octanol–water partition coefficient (Wildman–Crippen LogP) is 2.34. The summed E-state index contributed by atoms with van der Waals surface area (Å²) in [5.74, 6) is -0.769. The van der Waals surface area contributed by atoms with E-state index in [-0.39, 0.29) is 12.2 Å². The summed E-state index contributed by atoms with van der Waals surface area (Å²) in [4.78, 5) is 12.2. The van der Waals surface area contributed by atoms with E-state index in [1.165, 1.54) is 0 Å². The minimum atomic E-state index is -3.72. The normalized spacial score (nSPS) is 17.1. The second kappa shape index (κ2) is 7.15. The van der Waals surface area contributed by atoms with Gasteiger partial charge in [0.25, 0.3) is 0 Å². The van der Waals surface area contributed by atoms with Crippen LogP contribution in [0.2, 0.25) is 0 Å². The number of nitrogens with one attached hydrogen (secondary N) is 1. The Kier molecular flexibility index (Phi) is 4.97. The second-order valence-electron chi connectivity index (χ2n) is 5.78. The fraction of sp³-hybridized carbons (Fsp3) is 0.278. The molecule has 1 N–H and O–H groups in total. The molecule has 6 heteroatoms. The van der Waals surface area contributed by atoms with Gasteiger partial charge in [0, 0.05) is 0 Å². The van der Waals surface area contributed by atoms with E-state index < -0.39 is 22.0 Å². The number of hydrogen-bond acceptors (Lipinski definition) is 4. The van der Waals surface area contributed by atoms with Crippen LogP contribution in [0.3, 0.4) is 0 Å². The molecule has 0 aromatic heterocycles. The lowest BCUT2D eigenvalue weighted by molar-refractivity contribution is -0.122. The second-order valence-corrected chi connectivity index (χ2v) is 7.50. The Balaban J connectivity index is 1.64. The minimum absolute atomic E-state index is 0.00890. The van der Waals surface area contributed by atoms with Crippen molar-refractivity contribution in [3.05, 3.63) is 71.3 Å². The molecular weight excluding hydrogens is 326 g/mol. The molecular formula is C18H19NO4S. The number of sulfonamides is 1. The third kappa shape index (κ3) is 4.21.